The minimum absolute atomic E-state index is 0.665. The molecule has 0 aliphatic carbocycles. The first-order valence-electron chi connectivity index (χ1n) is 8.90. The minimum Gasteiger partial charge on any atom is -0.496 e. The van der Waals surface area contributed by atoms with Gasteiger partial charge in [-0.05, 0) is 36.4 Å². The molecule has 5 rings (SSSR count). The monoisotopic (exact) mass is 367 g/mol. The Bertz CT molecular complexity index is 1260. The van der Waals surface area contributed by atoms with Gasteiger partial charge in [0, 0.05) is 58.1 Å². The van der Waals surface area contributed by atoms with Crippen molar-refractivity contribution in [2.75, 3.05) is 7.11 Å². The maximum absolute atomic E-state index is 5.51. The molecule has 6 heteroatoms. The van der Waals surface area contributed by atoms with Gasteiger partial charge in [-0.1, -0.05) is 12.1 Å². The Hall–Kier alpha value is -3.93. The summed E-state index contributed by atoms with van der Waals surface area (Å²) < 4.78 is 5.51. The highest BCUT2D eigenvalue weighted by Crippen LogP contribution is 2.34. The van der Waals surface area contributed by atoms with Crippen molar-refractivity contribution in [1.82, 2.24) is 25.1 Å². The summed E-state index contributed by atoms with van der Waals surface area (Å²) in [5.74, 6) is 0.786. The molecule has 0 fully saturated rings. The van der Waals surface area contributed by atoms with Crippen molar-refractivity contribution >= 4 is 11.0 Å². The lowest BCUT2D eigenvalue weighted by atomic mass is 10.0. The van der Waals surface area contributed by atoms with E-state index in [1.807, 2.05) is 61.2 Å². The third kappa shape index (κ3) is 2.72. The molecule has 4 heterocycles. The topological polar surface area (TPSA) is 79.5 Å². The molecule has 2 N–H and O–H groups in total. The number of methoxy groups -OCH3 is 1. The van der Waals surface area contributed by atoms with Gasteiger partial charge in [-0.3, -0.25) is 10.1 Å². The van der Waals surface area contributed by atoms with E-state index in [1.165, 1.54) is 0 Å². The zero-order valence-corrected chi connectivity index (χ0v) is 15.2. The van der Waals surface area contributed by atoms with Gasteiger partial charge >= 0.3 is 0 Å². The number of benzene rings is 1. The number of nitrogens with one attached hydrogen (secondary N) is 2. The Morgan fingerprint density at radius 1 is 0.893 bits per heavy atom. The van der Waals surface area contributed by atoms with Crippen molar-refractivity contribution in [1.29, 1.82) is 0 Å². The van der Waals surface area contributed by atoms with E-state index in [4.69, 9.17) is 4.74 Å². The second-order valence-electron chi connectivity index (χ2n) is 6.44. The molecule has 0 saturated carbocycles. The van der Waals surface area contributed by atoms with Crippen LogP contribution in [0.25, 0.3) is 44.7 Å². The number of pyridine rings is 2. The van der Waals surface area contributed by atoms with Crippen molar-refractivity contribution in [2.45, 2.75) is 0 Å². The first kappa shape index (κ1) is 16.3. The molecular weight excluding hydrogens is 350 g/mol. The molecule has 0 bridgehead atoms. The Labute approximate surface area is 161 Å². The summed E-state index contributed by atoms with van der Waals surface area (Å²) in [4.78, 5) is 12.2. The largest absolute Gasteiger partial charge is 0.496 e. The molecule has 0 amide bonds. The molecule has 0 radical (unpaired) electrons. The molecule has 0 aliphatic rings. The fourth-order valence-electron chi connectivity index (χ4n) is 3.37. The van der Waals surface area contributed by atoms with Crippen molar-refractivity contribution in [3.8, 4) is 39.4 Å². The molecule has 5 aromatic rings. The SMILES string of the molecule is COc1ccccc1-c1[nH]nc2ncc(-c3cncc(-c4ccc[nH]4)c3)cc12. The van der Waals surface area contributed by atoms with Gasteiger partial charge in [0.05, 0.1) is 12.8 Å². The lowest BCUT2D eigenvalue weighted by Gasteiger charge is -2.07. The van der Waals surface area contributed by atoms with E-state index in [0.717, 1.165) is 44.8 Å². The second kappa shape index (κ2) is 6.66. The lowest BCUT2D eigenvalue weighted by molar-refractivity contribution is 0.416. The summed E-state index contributed by atoms with van der Waals surface area (Å²) in [7, 11) is 1.67. The van der Waals surface area contributed by atoms with Gasteiger partial charge in [0.25, 0.3) is 0 Å². The summed E-state index contributed by atoms with van der Waals surface area (Å²) in [6.07, 6.45) is 7.42. The number of H-pyrrole nitrogens is 2. The number of nitrogens with zero attached hydrogens (tertiary/aromatic N) is 3. The quantitative estimate of drug-likeness (QED) is 0.483. The zero-order valence-electron chi connectivity index (χ0n) is 15.2. The molecule has 28 heavy (non-hydrogen) atoms. The minimum atomic E-state index is 0.665. The molecule has 4 aromatic heterocycles. The van der Waals surface area contributed by atoms with E-state index >= 15 is 0 Å². The van der Waals surface area contributed by atoms with Gasteiger partial charge in [0.1, 0.15) is 5.75 Å². The molecule has 1 aromatic carbocycles. The molecule has 0 spiro atoms. The third-order valence-corrected chi connectivity index (χ3v) is 4.77. The average Bonchev–Trinajstić information content (AvgIpc) is 3.43. The molecule has 0 aliphatic heterocycles. The highest BCUT2D eigenvalue weighted by molar-refractivity contribution is 5.94. The van der Waals surface area contributed by atoms with Crippen LogP contribution in [0.5, 0.6) is 5.75 Å². The van der Waals surface area contributed by atoms with E-state index in [2.05, 4.69) is 37.3 Å². The summed E-state index contributed by atoms with van der Waals surface area (Å²) in [6.45, 7) is 0. The second-order valence-corrected chi connectivity index (χ2v) is 6.44. The summed E-state index contributed by atoms with van der Waals surface area (Å²) >= 11 is 0. The Morgan fingerprint density at radius 3 is 2.61 bits per heavy atom. The van der Waals surface area contributed by atoms with Gasteiger partial charge < -0.3 is 9.72 Å². The van der Waals surface area contributed by atoms with Crippen molar-refractivity contribution in [3.05, 3.63) is 73.3 Å². The number of fused-ring (bicyclic) bond motifs is 1. The van der Waals surface area contributed by atoms with Gasteiger partial charge in [-0.2, -0.15) is 5.10 Å². The first-order valence-corrected chi connectivity index (χ1v) is 8.90. The maximum Gasteiger partial charge on any atom is 0.181 e. The van der Waals surface area contributed by atoms with E-state index in [9.17, 15) is 0 Å². The first-order chi connectivity index (χ1) is 13.8. The van der Waals surface area contributed by atoms with Gasteiger partial charge in [-0.25, -0.2) is 4.98 Å². The summed E-state index contributed by atoms with van der Waals surface area (Å²) in [5, 5.41) is 8.39. The molecule has 6 nitrogen and oxygen atoms in total. The van der Waals surface area contributed by atoms with Crippen LogP contribution in [0.3, 0.4) is 0 Å². The number of rotatable bonds is 4. The smallest absolute Gasteiger partial charge is 0.181 e. The van der Waals surface area contributed by atoms with Crippen molar-refractivity contribution < 1.29 is 4.74 Å². The number of hydrogen-bond acceptors (Lipinski definition) is 4. The fraction of sp³-hybridized carbons (Fsp3) is 0.0455. The van der Waals surface area contributed by atoms with Crippen LogP contribution in [0.15, 0.2) is 73.3 Å². The van der Waals surface area contributed by atoms with Crippen LogP contribution in [0.4, 0.5) is 0 Å². The molecule has 136 valence electrons. The van der Waals surface area contributed by atoms with Gasteiger partial charge in [0.2, 0.25) is 0 Å². The van der Waals surface area contributed by atoms with Crippen LogP contribution in [-0.2, 0) is 0 Å². The molecule has 0 atom stereocenters. The Balaban J connectivity index is 1.64. The van der Waals surface area contributed by atoms with E-state index in [0.29, 0.717) is 5.65 Å². The highest BCUT2D eigenvalue weighted by atomic mass is 16.5. The Kier molecular flexibility index (Phi) is 3.87. The maximum atomic E-state index is 5.51. The van der Waals surface area contributed by atoms with Crippen LogP contribution in [0.1, 0.15) is 0 Å². The van der Waals surface area contributed by atoms with Crippen LogP contribution >= 0.6 is 0 Å². The predicted molar refractivity (Wildman–Crippen MR) is 109 cm³/mol. The number of hydrogen-bond donors (Lipinski definition) is 2. The van der Waals surface area contributed by atoms with Gasteiger partial charge in [-0.15, -0.1) is 0 Å². The lowest BCUT2D eigenvalue weighted by Crippen LogP contribution is -1.89. The van der Waals surface area contributed by atoms with E-state index in [-0.39, 0.29) is 0 Å². The standard InChI is InChI=1S/C22H17N5O/c1-28-20-7-3-2-5-17(20)21-18-10-15(13-25-22(18)27-26-21)14-9-16(12-23-11-14)19-6-4-8-24-19/h2-13,24H,1H3,(H,25,26,27). The normalized spacial score (nSPS) is 11.0. The van der Waals surface area contributed by atoms with Crippen LogP contribution < -0.4 is 4.74 Å². The predicted octanol–water partition coefficient (Wildman–Crippen LogP) is 4.69. The molecular formula is C22H17N5O. The fourth-order valence-corrected chi connectivity index (χ4v) is 3.37. The van der Waals surface area contributed by atoms with Crippen molar-refractivity contribution in [3.63, 3.8) is 0 Å². The van der Waals surface area contributed by atoms with E-state index in [1.54, 1.807) is 7.11 Å². The number of ether oxygens (including phenoxy) is 1. The Morgan fingerprint density at radius 2 is 1.75 bits per heavy atom. The zero-order chi connectivity index (χ0) is 18.9. The summed E-state index contributed by atoms with van der Waals surface area (Å²) in [6, 6.07) is 16.1. The van der Waals surface area contributed by atoms with Crippen molar-refractivity contribution in [2.24, 2.45) is 0 Å². The van der Waals surface area contributed by atoms with Crippen LogP contribution in [-0.4, -0.2) is 32.3 Å². The van der Waals surface area contributed by atoms with Gasteiger partial charge in [0.15, 0.2) is 5.65 Å². The number of para-hydroxylation sites is 1. The highest BCUT2D eigenvalue weighted by Gasteiger charge is 2.14. The number of aromatic nitrogens is 5. The van der Waals surface area contributed by atoms with Crippen LogP contribution in [0.2, 0.25) is 0 Å². The summed E-state index contributed by atoms with van der Waals surface area (Å²) in [5.41, 5.74) is 6.53. The molecule has 0 saturated heterocycles. The van der Waals surface area contributed by atoms with E-state index < -0.39 is 0 Å². The molecule has 0 unspecified atom stereocenters. The average molecular weight is 367 g/mol. The third-order valence-electron chi connectivity index (χ3n) is 4.77. The van der Waals surface area contributed by atoms with Crippen LogP contribution in [0, 0.1) is 0 Å². The number of aromatic amines is 2.